The summed E-state index contributed by atoms with van der Waals surface area (Å²) in [7, 11) is 2.08. The molecule has 0 aliphatic carbocycles. The molecule has 3 heteroatoms. The Balaban J connectivity index is 1.82. The average molecular weight is 200 g/mol. The highest BCUT2D eigenvalue weighted by atomic mass is 32.2. The van der Waals surface area contributed by atoms with Crippen molar-refractivity contribution >= 4 is 11.8 Å². The first-order valence-corrected chi connectivity index (χ1v) is 6.37. The monoisotopic (exact) mass is 200 g/mol. The summed E-state index contributed by atoms with van der Waals surface area (Å²) < 4.78 is 0. The van der Waals surface area contributed by atoms with E-state index < -0.39 is 0 Å². The molecular weight excluding hydrogens is 180 g/mol. The molecule has 0 amide bonds. The zero-order chi connectivity index (χ0) is 9.26. The Hall–Kier alpha value is 0.270. The van der Waals surface area contributed by atoms with Crippen molar-refractivity contribution in [1.82, 2.24) is 10.2 Å². The fourth-order valence-corrected chi connectivity index (χ4v) is 3.66. The molecule has 0 saturated carbocycles. The van der Waals surface area contributed by atoms with Gasteiger partial charge in [-0.25, -0.2) is 0 Å². The lowest BCUT2D eigenvalue weighted by Gasteiger charge is -2.22. The SMILES string of the molecule is CNC1CCN(C2CSC(C)C2)C1. The largest absolute Gasteiger partial charge is 0.316 e. The van der Waals surface area contributed by atoms with Crippen LogP contribution in [0.15, 0.2) is 0 Å². The first kappa shape index (κ1) is 9.81. The van der Waals surface area contributed by atoms with E-state index in [0.29, 0.717) is 0 Å². The zero-order valence-electron chi connectivity index (χ0n) is 8.62. The van der Waals surface area contributed by atoms with E-state index in [1.165, 1.54) is 31.7 Å². The third-order valence-electron chi connectivity index (χ3n) is 3.32. The van der Waals surface area contributed by atoms with E-state index in [2.05, 4.69) is 35.9 Å². The van der Waals surface area contributed by atoms with E-state index in [4.69, 9.17) is 0 Å². The number of likely N-dealkylation sites (N-methyl/N-ethyl adjacent to an activating group) is 1. The molecule has 13 heavy (non-hydrogen) atoms. The molecule has 2 heterocycles. The highest BCUT2D eigenvalue weighted by molar-refractivity contribution is 8.00. The van der Waals surface area contributed by atoms with E-state index in [0.717, 1.165) is 17.3 Å². The van der Waals surface area contributed by atoms with Gasteiger partial charge in [0, 0.05) is 36.2 Å². The molecule has 3 unspecified atom stereocenters. The van der Waals surface area contributed by atoms with Gasteiger partial charge in [-0.15, -0.1) is 0 Å². The summed E-state index contributed by atoms with van der Waals surface area (Å²) in [5.41, 5.74) is 0. The van der Waals surface area contributed by atoms with Crippen molar-refractivity contribution in [2.45, 2.75) is 37.1 Å². The lowest BCUT2D eigenvalue weighted by Crippen LogP contribution is -2.36. The summed E-state index contributed by atoms with van der Waals surface area (Å²) in [6.45, 7) is 4.94. The summed E-state index contributed by atoms with van der Waals surface area (Å²) in [5, 5.41) is 4.27. The minimum Gasteiger partial charge on any atom is -0.316 e. The average Bonchev–Trinajstić information content (AvgIpc) is 2.71. The zero-order valence-corrected chi connectivity index (χ0v) is 9.44. The predicted molar refractivity (Wildman–Crippen MR) is 59.4 cm³/mol. The van der Waals surface area contributed by atoms with Crippen LogP contribution in [0.3, 0.4) is 0 Å². The molecule has 0 aromatic rings. The molecule has 0 spiro atoms. The van der Waals surface area contributed by atoms with Gasteiger partial charge in [0.2, 0.25) is 0 Å². The van der Waals surface area contributed by atoms with Crippen molar-refractivity contribution in [2.75, 3.05) is 25.9 Å². The Kier molecular flexibility index (Phi) is 3.17. The lowest BCUT2D eigenvalue weighted by atomic mass is 10.2. The molecule has 0 aromatic heterocycles. The Labute approximate surface area is 85.4 Å². The van der Waals surface area contributed by atoms with Gasteiger partial charge in [0.1, 0.15) is 0 Å². The van der Waals surface area contributed by atoms with E-state index in [9.17, 15) is 0 Å². The molecule has 3 atom stereocenters. The summed E-state index contributed by atoms with van der Waals surface area (Å²) in [5.74, 6) is 1.36. The highest BCUT2D eigenvalue weighted by Gasteiger charge is 2.31. The molecule has 0 aromatic carbocycles. The second-order valence-corrected chi connectivity index (χ2v) is 5.77. The van der Waals surface area contributed by atoms with E-state index in [1.54, 1.807) is 0 Å². The molecule has 2 aliphatic rings. The van der Waals surface area contributed by atoms with Crippen LogP contribution in [0.5, 0.6) is 0 Å². The van der Waals surface area contributed by atoms with Gasteiger partial charge < -0.3 is 5.32 Å². The number of hydrogen-bond acceptors (Lipinski definition) is 3. The van der Waals surface area contributed by atoms with Gasteiger partial charge in [0.25, 0.3) is 0 Å². The fraction of sp³-hybridized carbons (Fsp3) is 1.00. The van der Waals surface area contributed by atoms with Gasteiger partial charge in [-0.05, 0) is 19.9 Å². The van der Waals surface area contributed by atoms with E-state index >= 15 is 0 Å². The molecule has 0 bridgehead atoms. The molecule has 0 radical (unpaired) electrons. The van der Waals surface area contributed by atoms with Crippen LogP contribution in [-0.4, -0.2) is 48.1 Å². The number of rotatable bonds is 2. The number of likely N-dealkylation sites (tertiary alicyclic amines) is 1. The standard InChI is InChI=1S/C10H20N2S/c1-8-5-10(7-13-8)12-4-3-9(6-12)11-2/h8-11H,3-7H2,1-2H3. The van der Waals surface area contributed by atoms with Gasteiger partial charge in [0.05, 0.1) is 0 Å². The molecule has 1 N–H and O–H groups in total. The van der Waals surface area contributed by atoms with Gasteiger partial charge >= 0.3 is 0 Å². The van der Waals surface area contributed by atoms with Crippen LogP contribution in [0.1, 0.15) is 19.8 Å². The van der Waals surface area contributed by atoms with Crippen molar-refractivity contribution in [3.63, 3.8) is 0 Å². The molecule has 2 rings (SSSR count). The maximum Gasteiger partial charge on any atom is 0.0204 e. The number of nitrogens with one attached hydrogen (secondary N) is 1. The summed E-state index contributed by atoms with van der Waals surface area (Å²) >= 11 is 2.14. The third-order valence-corrected chi connectivity index (χ3v) is 4.66. The van der Waals surface area contributed by atoms with Crippen molar-refractivity contribution in [2.24, 2.45) is 0 Å². The predicted octanol–water partition coefficient (Wildman–Crippen LogP) is 1.17. The molecule has 76 valence electrons. The van der Waals surface area contributed by atoms with E-state index in [-0.39, 0.29) is 0 Å². The smallest absolute Gasteiger partial charge is 0.0204 e. The summed E-state index contributed by atoms with van der Waals surface area (Å²) in [6.07, 6.45) is 2.74. The van der Waals surface area contributed by atoms with Crippen molar-refractivity contribution in [3.8, 4) is 0 Å². The Morgan fingerprint density at radius 3 is 2.85 bits per heavy atom. The summed E-state index contributed by atoms with van der Waals surface area (Å²) in [4.78, 5) is 2.68. The Bertz CT molecular complexity index is 174. The second-order valence-electron chi connectivity index (χ2n) is 4.30. The molecule has 2 aliphatic heterocycles. The Morgan fingerprint density at radius 1 is 1.46 bits per heavy atom. The van der Waals surface area contributed by atoms with Crippen LogP contribution in [0.2, 0.25) is 0 Å². The van der Waals surface area contributed by atoms with Crippen molar-refractivity contribution in [1.29, 1.82) is 0 Å². The van der Waals surface area contributed by atoms with Crippen LogP contribution < -0.4 is 5.32 Å². The van der Waals surface area contributed by atoms with Crippen LogP contribution in [0.4, 0.5) is 0 Å². The number of hydrogen-bond donors (Lipinski definition) is 1. The van der Waals surface area contributed by atoms with Crippen LogP contribution in [0, 0.1) is 0 Å². The first-order chi connectivity index (χ1) is 6.29. The van der Waals surface area contributed by atoms with Crippen LogP contribution in [-0.2, 0) is 0 Å². The number of thioether (sulfide) groups is 1. The highest BCUT2D eigenvalue weighted by Crippen LogP contribution is 2.31. The van der Waals surface area contributed by atoms with Crippen molar-refractivity contribution in [3.05, 3.63) is 0 Å². The van der Waals surface area contributed by atoms with E-state index in [1.807, 2.05) is 0 Å². The minimum atomic E-state index is 0.751. The normalized spacial score (nSPS) is 41.5. The topological polar surface area (TPSA) is 15.3 Å². The van der Waals surface area contributed by atoms with Gasteiger partial charge in [-0.2, -0.15) is 11.8 Å². The lowest BCUT2D eigenvalue weighted by molar-refractivity contribution is 0.253. The van der Waals surface area contributed by atoms with Crippen LogP contribution >= 0.6 is 11.8 Å². The van der Waals surface area contributed by atoms with Crippen molar-refractivity contribution < 1.29 is 0 Å². The second kappa shape index (κ2) is 4.20. The van der Waals surface area contributed by atoms with Gasteiger partial charge in [0.15, 0.2) is 0 Å². The molecule has 2 saturated heterocycles. The minimum absolute atomic E-state index is 0.751. The Morgan fingerprint density at radius 2 is 2.31 bits per heavy atom. The maximum atomic E-state index is 3.38. The van der Waals surface area contributed by atoms with Gasteiger partial charge in [-0.1, -0.05) is 6.92 Å². The molecule has 2 nitrogen and oxygen atoms in total. The van der Waals surface area contributed by atoms with Crippen LogP contribution in [0.25, 0.3) is 0 Å². The molecular formula is C10H20N2S. The van der Waals surface area contributed by atoms with Gasteiger partial charge in [-0.3, -0.25) is 4.90 Å². The fourth-order valence-electron chi connectivity index (χ4n) is 2.40. The molecule has 2 fully saturated rings. The first-order valence-electron chi connectivity index (χ1n) is 5.32. The number of nitrogens with zero attached hydrogens (tertiary/aromatic N) is 1. The third kappa shape index (κ3) is 2.20. The maximum absolute atomic E-state index is 3.38. The summed E-state index contributed by atoms with van der Waals surface area (Å²) in [6, 6.07) is 1.62. The quantitative estimate of drug-likeness (QED) is 0.720.